The van der Waals surface area contributed by atoms with Gasteiger partial charge in [-0.3, -0.25) is 4.90 Å². The highest BCUT2D eigenvalue weighted by Crippen LogP contribution is 2.12. The molecule has 2 heterocycles. The van der Waals surface area contributed by atoms with Crippen molar-refractivity contribution in [1.29, 1.82) is 0 Å². The summed E-state index contributed by atoms with van der Waals surface area (Å²) in [5.74, 6) is 0. The summed E-state index contributed by atoms with van der Waals surface area (Å²) >= 11 is 0. The summed E-state index contributed by atoms with van der Waals surface area (Å²) in [7, 11) is 2.13. The molecule has 4 nitrogen and oxygen atoms in total. The zero-order valence-electron chi connectivity index (χ0n) is 8.85. The van der Waals surface area contributed by atoms with Crippen LogP contribution in [0.5, 0.6) is 0 Å². The van der Waals surface area contributed by atoms with Crippen LogP contribution < -0.4 is 0 Å². The van der Waals surface area contributed by atoms with E-state index in [-0.39, 0.29) is 6.10 Å². The lowest BCUT2D eigenvalue weighted by Crippen LogP contribution is -2.45. The molecule has 2 saturated heterocycles. The third-order valence-electron chi connectivity index (χ3n) is 3.05. The van der Waals surface area contributed by atoms with Gasteiger partial charge in [0.25, 0.3) is 0 Å². The summed E-state index contributed by atoms with van der Waals surface area (Å²) in [6.45, 7) is 5.72. The molecular weight excluding hydrogens is 180 g/mol. The van der Waals surface area contributed by atoms with Crippen molar-refractivity contribution in [3.8, 4) is 0 Å². The van der Waals surface area contributed by atoms with E-state index in [0.29, 0.717) is 6.10 Å². The Morgan fingerprint density at radius 2 is 2.21 bits per heavy atom. The Labute approximate surface area is 85.4 Å². The zero-order valence-corrected chi connectivity index (χ0v) is 8.85. The fourth-order valence-corrected chi connectivity index (χ4v) is 2.24. The first-order valence-electron chi connectivity index (χ1n) is 5.44. The predicted octanol–water partition coefficient (Wildman–Crippen LogP) is -0.616. The van der Waals surface area contributed by atoms with E-state index in [4.69, 9.17) is 4.74 Å². The summed E-state index contributed by atoms with van der Waals surface area (Å²) in [6.07, 6.45) is 1.14. The number of likely N-dealkylation sites (tertiary alicyclic amines) is 1. The first-order chi connectivity index (χ1) is 6.74. The van der Waals surface area contributed by atoms with Gasteiger partial charge in [-0.25, -0.2) is 0 Å². The maximum absolute atomic E-state index is 9.39. The minimum atomic E-state index is -0.115. The number of hydrogen-bond donors (Lipinski definition) is 1. The number of likely N-dealkylation sites (N-methyl/N-ethyl adjacent to an activating group) is 1. The Hall–Kier alpha value is -0.160. The van der Waals surface area contributed by atoms with Gasteiger partial charge in [0.05, 0.1) is 18.8 Å². The zero-order chi connectivity index (χ0) is 9.97. The molecule has 2 fully saturated rings. The molecule has 1 unspecified atom stereocenters. The number of rotatable bonds is 2. The van der Waals surface area contributed by atoms with Crippen LogP contribution in [0.25, 0.3) is 0 Å². The molecule has 0 aromatic carbocycles. The second-order valence-corrected chi connectivity index (χ2v) is 4.46. The Balaban J connectivity index is 1.74. The van der Waals surface area contributed by atoms with Gasteiger partial charge in [0.1, 0.15) is 0 Å². The molecule has 0 bridgehead atoms. The summed E-state index contributed by atoms with van der Waals surface area (Å²) in [4.78, 5) is 4.61. The van der Waals surface area contributed by atoms with E-state index in [0.717, 1.165) is 45.8 Å². The van der Waals surface area contributed by atoms with Gasteiger partial charge in [0.15, 0.2) is 0 Å². The summed E-state index contributed by atoms with van der Waals surface area (Å²) < 4.78 is 5.68. The number of aliphatic hydroxyl groups excluding tert-OH is 1. The van der Waals surface area contributed by atoms with Crippen LogP contribution in [0.3, 0.4) is 0 Å². The molecule has 2 atom stereocenters. The third kappa shape index (κ3) is 2.67. The molecule has 0 aliphatic carbocycles. The summed E-state index contributed by atoms with van der Waals surface area (Å²) in [5, 5.41) is 9.39. The van der Waals surface area contributed by atoms with Crippen LogP contribution in [-0.2, 0) is 4.74 Å². The molecule has 0 radical (unpaired) electrons. The highest BCUT2D eigenvalue weighted by Gasteiger charge is 2.25. The molecule has 1 N–H and O–H groups in total. The van der Waals surface area contributed by atoms with Crippen molar-refractivity contribution in [2.75, 3.05) is 46.4 Å². The van der Waals surface area contributed by atoms with Crippen LogP contribution >= 0.6 is 0 Å². The standard InChI is InChI=1S/C10H20N2O2/c1-11-4-5-14-10(7-11)8-12-3-2-9(13)6-12/h9-10,13H,2-8H2,1H3/t9-,10?/m0/s1. The molecule has 0 saturated carbocycles. The van der Waals surface area contributed by atoms with Crippen molar-refractivity contribution in [1.82, 2.24) is 9.80 Å². The highest BCUT2D eigenvalue weighted by molar-refractivity contribution is 4.79. The predicted molar refractivity (Wildman–Crippen MR) is 54.3 cm³/mol. The molecule has 0 aromatic heterocycles. The smallest absolute Gasteiger partial charge is 0.0829 e. The molecular formula is C10H20N2O2. The third-order valence-corrected chi connectivity index (χ3v) is 3.05. The molecule has 82 valence electrons. The van der Waals surface area contributed by atoms with Crippen LogP contribution in [0.2, 0.25) is 0 Å². The largest absolute Gasteiger partial charge is 0.392 e. The number of nitrogens with zero attached hydrogens (tertiary/aromatic N) is 2. The second kappa shape index (κ2) is 4.57. The van der Waals surface area contributed by atoms with E-state index in [1.54, 1.807) is 0 Å². The van der Waals surface area contributed by atoms with Gasteiger partial charge in [0, 0.05) is 32.7 Å². The summed E-state index contributed by atoms with van der Waals surface area (Å²) in [5.41, 5.74) is 0. The van der Waals surface area contributed by atoms with Gasteiger partial charge in [0.2, 0.25) is 0 Å². The Morgan fingerprint density at radius 1 is 1.36 bits per heavy atom. The van der Waals surface area contributed by atoms with Crippen molar-refractivity contribution in [3.05, 3.63) is 0 Å². The number of aliphatic hydroxyl groups is 1. The lowest BCUT2D eigenvalue weighted by molar-refractivity contribution is -0.0338. The molecule has 14 heavy (non-hydrogen) atoms. The van der Waals surface area contributed by atoms with Gasteiger partial charge in [-0.15, -0.1) is 0 Å². The maximum atomic E-state index is 9.39. The van der Waals surface area contributed by atoms with Gasteiger partial charge in [-0.2, -0.15) is 0 Å². The minimum Gasteiger partial charge on any atom is -0.392 e. The van der Waals surface area contributed by atoms with Gasteiger partial charge >= 0.3 is 0 Å². The van der Waals surface area contributed by atoms with Crippen molar-refractivity contribution < 1.29 is 9.84 Å². The van der Waals surface area contributed by atoms with Crippen molar-refractivity contribution >= 4 is 0 Å². The van der Waals surface area contributed by atoms with Crippen LogP contribution in [0.4, 0.5) is 0 Å². The Kier molecular flexibility index (Phi) is 3.38. The molecule has 2 aliphatic heterocycles. The van der Waals surface area contributed by atoms with Gasteiger partial charge in [-0.1, -0.05) is 0 Å². The van der Waals surface area contributed by atoms with Crippen LogP contribution in [-0.4, -0.2) is 73.5 Å². The van der Waals surface area contributed by atoms with Crippen molar-refractivity contribution in [2.24, 2.45) is 0 Å². The van der Waals surface area contributed by atoms with E-state index in [9.17, 15) is 5.11 Å². The Bertz CT molecular complexity index is 189. The topological polar surface area (TPSA) is 35.9 Å². The highest BCUT2D eigenvalue weighted by atomic mass is 16.5. The first-order valence-corrected chi connectivity index (χ1v) is 5.44. The second-order valence-electron chi connectivity index (χ2n) is 4.46. The normalized spacial score (nSPS) is 36.4. The van der Waals surface area contributed by atoms with E-state index >= 15 is 0 Å². The average Bonchev–Trinajstić information content (AvgIpc) is 2.51. The molecule has 0 spiro atoms. The van der Waals surface area contributed by atoms with E-state index < -0.39 is 0 Å². The van der Waals surface area contributed by atoms with Crippen molar-refractivity contribution in [2.45, 2.75) is 18.6 Å². The maximum Gasteiger partial charge on any atom is 0.0829 e. The molecule has 2 rings (SSSR count). The lowest BCUT2D eigenvalue weighted by atomic mass is 10.2. The number of hydrogen-bond acceptors (Lipinski definition) is 4. The van der Waals surface area contributed by atoms with E-state index in [1.165, 1.54) is 0 Å². The number of β-amino-alcohol motifs (C(OH)–C–C–N with tert-alkyl or cyclic N) is 1. The Morgan fingerprint density at radius 3 is 2.86 bits per heavy atom. The molecule has 0 amide bonds. The fraction of sp³-hybridized carbons (Fsp3) is 1.00. The van der Waals surface area contributed by atoms with Gasteiger partial charge in [-0.05, 0) is 13.5 Å². The number of ether oxygens (including phenoxy) is 1. The lowest BCUT2D eigenvalue weighted by Gasteiger charge is -2.32. The average molecular weight is 200 g/mol. The first kappa shape index (κ1) is 10.4. The fourth-order valence-electron chi connectivity index (χ4n) is 2.24. The van der Waals surface area contributed by atoms with Crippen molar-refractivity contribution in [3.63, 3.8) is 0 Å². The quantitative estimate of drug-likeness (QED) is 0.645. The SMILES string of the molecule is CN1CCOC(CN2CC[C@H](O)C2)C1. The molecule has 2 aliphatic rings. The van der Waals surface area contributed by atoms with Gasteiger partial charge < -0.3 is 14.7 Å². The van der Waals surface area contributed by atoms with Crippen LogP contribution in [0.15, 0.2) is 0 Å². The summed E-state index contributed by atoms with van der Waals surface area (Å²) in [6, 6.07) is 0. The van der Waals surface area contributed by atoms with E-state index in [1.807, 2.05) is 0 Å². The molecule has 4 heteroatoms. The van der Waals surface area contributed by atoms with Crippen LogP contribution in [0, 0.1) is 0 Å². The number of morpholine rings is 1. The molecule has 0 aromatic rings. The van der Waals surface area contributed by atoms with E-state index in [2.05, 4.69) is 16.8 Å². The van der Waals surface area contributed by atoms with Crippen LogP contribution in [0.1, 0.15) is 6.42 Å². The minimum absolute atomic E-state index is 0.115. The monoisotopic (exact) mass is 200 g/mol.